The molecule has 93 heavy (non-hydrogen) atoms. The molecule has 0 aromatic rings. The van der Waals surface area contributed by atoms with Crippen molar-refractivity contribution in [2.24, 2.45) is 47.3 Å². The van der Waals surface area contributed by atoms with E-state index in [2.05, 4.69) is 26.2 Å². The smallest absolute Gasteiger partial charge is 0.329 e. The monoisotopic (exact) mass is 1320 g/mol. The molecule has 0 unspecified atom stereocenters. The number of ether oxygens (including phenoxy) is 1. The maximum atomic E-state index is 15.3. The molecule has 2 heterocycles. The van der Waals surface area contributed by atoms with Crippen LogP contribution in [0.2, 0.25) is 0 Å². The predicted octanol–water partition coefficient (Wildman–Crippen LogP) is 2.23. The number of aliphatic hydroxyl groups is 3. The number of cyclic esters (lactones) is 1. The van der Waals surface area contributed by atoms with Gasteiger partial charge in [0.1, 0.15) is 54.4 Å². The van der Waals surface area contributed by atoms with Crippen LogP contribution < -0.4 is 21.3 Å². The molecule has 2 rings (SSSR count). The van der Waals surface area contributed by atoms with Crippen molar-refractivity contribution in [2.45, 2.75) is 248 Å². The van der Waals surface area contributed by atoms with E-state index >= 15 is 14.4 Å². The molecule has 2 saturated heterocycles. The van der Waals surface area contributed by atoms with E-state index in [1.54, 1.807) is 34.6 Å². The molecule has 0 spiro atoms. The summed E-state index contributed by atoms with van der Waals surface area (Å²) >= 11 is 0. The van der Waals surface area contributed by atoms with E-state index in [0.717, 1.165) is 27.5 Å². The first-order chi connectivity index (χ1) is 43.0. The Hall–Kier alpha value is -5.99. The maximum Gasteiger partial charge on any atom is 0.329 e. The summed E-state index contributed by atoms with van der Waals surface area (Å²) in [7, 11) is 8.13. The SMILES string of the molecule is CC(C)C[C@@H]1C(=O)N[C@H](CC(C)C)C(=O)N(C)[C@H](C(C)C)C(=O)N(C)[C@H]([C@H](O)[C@H](C)CCN2CCC[C@H]2CO)C(=O)N[C@H]([C@@H](C)O)C(=O)N(C)CC(=O)N(C)[C@@H](CC(C)C)C(=O)N[C@H](CC(C)C)C(=O)N(C)[C@H](CC(C)C)C(=O)N[C@H](C)C(=O)O[C@@H](C(C)C)C(=O)N1C. The van der Waals surface area contributed by atoms with Crippen molar-refractivity contribution in [3.05, 3.63) is 0 Å². The predicted molar refractivity (Wildman–Crippen MR) is 354 cm³/mol. The second kappa shape index (κ2) is 37.9. The summed E-state index contributed by atoms with van der Waals surface area (Å²) in [6.07, 6.45) is -2.33. The molecule has 0 aromatic heterocycles. The van der Waals surface area contributed by atoms with Crippen molar-refractivity contribution >= 4 is 65.0 Å². The molecule has 7 N–H and O–H groups in total. The second-order valence-electron chi connectivity index (χ2n) is 29.3. The third-order valence-corrected chi connectivity index (χ3v) is 17.9. The fourth-order valence-corrected chi connectivity index (χ4v) is 12.3. The van der Waals surface area contributed by atoms with Crippen LogP contribution in [0.15, 0.2) is 0 Å². The number of esters is 1. The normalized spacial score (nSPS) is 27.7. The maximum absolute atomic E-state index is 15.3. The zero-order valence-electron chi connectivity index (χ0n) is 60.5. The lowest BCUT2D eigenvalue weighted by Crippen LogP contribution is -2.64. The summed E-state index contributed by atoms with van der Waals surface area (Å²) in [5, 5.41) is 44.8. The van der Waals surface area contributed by atoms with Crippen molar-refractivity contribution in [3.63, 3.8) is 0 Å². The zero-order valence-corrected chi connectivity index (χ0v) is 60.5. The van der Waals surface area contributed by atoms with Gasteiger partial charge in [-0.05, 0) is 126 Å². The van der Waals surface area contributed by atoms with Gasteiger partial charge in [0.05, 0.1) is 25.4 Å². The quantitative estimate of drug-likeness (QED) is 0.0912. The lowest BCUT2D eigenvalue weighted by molar-refractivity contribution is -0.166. The summed E-state index contributed by atoms with van der Waals surface area (Å²) < 4.78 is 5.91. The number of carbonyl (C=O) groups is 11. The van der Waals surface area contributed by atoms with Crippen LogP contribution in [0.4, 0.5) is 0 Å². The van der Waals surface area contributed by atoms with E-state index in [1.807, 2.05) is 69.2 Å². The number of aliphatic hydroxyl groups excluding tert-OH is 3. The Kier molecular flexibility index (Phi) is 33.9. The van der Waals surface area contributed by atoms with Gasteiger partial charge < -0.3 is 70.7 Å². The number of nitrogens with zero attached hydrogens (tertiary/aromatic N) is 7. The third kappa shape index (κ3) is 24.0. The van der Waals surface area contributed by atoms with Crippen molar-refractivity contribution in [2.75, 3.05) is 68.5 Å². The van der Waals surface area contributed by atoms with E-state index in [9.17, 15) is 53.7 Å². The van der Waals surface area contributed by atoms with E-state index in [-0.39, 0.29) is 74.3 Å². The Bertz CT molecular complexity index is 2510. The van der Waals surface area contributed by atoms with Gasteiger partial charge in [0.25, 0.3) is 5.91 Å². The number of rotatable bonds is 19. The van der Waals surface area contributed by atoms with Crippen LogP contribution >= 0.6 is 0 Å². The minimum Gasteiger partial charge on any atom is -0.450 e. The number of likely N-dealkylation sites (N-methyl/N-ethyl adjacent to an activating group) is 6. The summed E-state index contributed by atoms with van der Waals surface area (Å²) in [6, 6.07) is -12.5. The fourth-order valence-electron chi connectivity index (χ4n) is 12.3. The molecule has 0 bridgehead atoms. The number of hydrogen-bond donors (Lipinski definition) is 7. The standard InChI is InChI=1S/C67H121N11O15/c1-36(2)29-47-62(87)74(20)50(32-39(7)8)58(83)68-44(16)67(92)93-57(42(13)14)66(91)75(21)51(33-40(9)10)60(85)70-48(30-37(3)4)63(88)76(22)54(41(11)12)65(90)77(23)55(56(82)43(15)26-28-78-27-24-25-46(78)35-79)61(86)71-53(45(17)80)64(89)72(18)34-52(81)73(19)49(31-38(5)6)59(84)69-47/h36-51,53-57,79-80,82H,24-35H2,1-23H3,(H,68,83)(H,69,84)(H,70,85)(H,71,86)/t43-,44-,45-,46+,47-,48-,49+,50-,51-,53-,54-,55-,56-,57+/m1/s1. The van der Waals surface area contributed by atoms with Gasteiger partial charge in [-0.15, -0.1) is 0 Å². The molecule has 10 amide bonds. The van der Waals surface area contributed by atoms with Crippen molar-refractivity contribution in [1.82, 2.24) is 55.6 Å². The molecule has 2 aliphatic heterocycles. The molecule has 14 atom stereocenters. The summed E-state index contributed by atoms with van der Waals surface area (Å²) in [4.78, 5) is 171. The van der Waals surface area contributed by atoms with Gasteiger partial charge in [-0.25, -0.2) is 4.79 Å². The van der Waals surface area contributed by atoms with Gasteiger partial charge in [0, 0.05) is 48.3 Å². The number of hydrogen-bond acceptors (Lipinski definition) is 16. The fraction of sp³-hybridized carbons (Fsp3) is 0.836. The van der Waals surface area contributed by atoms with E-state index in [4.69, 9.17) is 4.74 Å². The molecular formula is C67H121N11O15. The van der Waals surface area contributed by atoms with Gasteiger partial charge in [0.15, 0.2) is 6.10 Å². The highest BCUT2D eigenvalue weighted by Gasteiger charge is 2.46. The molecule has 2 fully saturated rings. The van der Waals surface area contributed by atoms with Crippen LogP contribution in [0.3, 0.4) is 0 Å². The first-order valence-corrected chi connectivity index (χ1v) is 33.7. The highest BCUT2D eigenvalue weighted by molar-refractivity contribution is 5.99. The van der Waals surface area contributed by atoms with Gasteiger partial charge in [0.2, 0.25) is 53.2 Å². The second-order valence-corrected chi connectivity index (χ2v) is 29.3. The summed E-state index contributed by atoms with van der Waals surface area (Å²) in [6.45, 7) is 29.8. The van der Waals surface area contributed by atoms with Gasteiger partial charge >= 0.3 is 5.97 Å². The Morgan fingerprint density at radius 3 is 1.35 bits per heavy atom. The lowest BCUT2D eigenvalue weighted by atomic mass is 9.91. The topological polar surface area (TPSA) is 328 Å². The Morgan fingerprint density at radius 1 is 0.495 bits per heavy atom. The lowest BCUT2D eigenvalue weighted by Gasteiger charge is -2.40. The molecule has 0 radical (unpaired) electrons. The van der Waals surface area contributed by atoms with Crippen LogP contribution in [-0.2, 0) is 57.5 Å². The van der Waals surface area contributed by atoms with Gasteiger partial charge in [-0.1, -0.05) is 104 Å². The average Bonchev–Trinajstić information content (AvgIpc) is 1.44. The molecule has 2 aliphatic rings. The zero-order chi connectivity index (χ0) is 71.5. The molecular weight excluding hydrogens is 1200 g/mol. The largest absolute Gasteiger partial charge is 0.450 e. The first kappa shape index (κ1) is 83.1. The van der Waals surface area contributed by atoms with Crippen molar-refractivity contribution in [1.29, 1.82) is 0 Å². The van der Waals surface area contributed by atoms with Crippen LogP contribution in [0.25, 0.3) is 0 Å². The van der Waals surface area contributed by atoms with Gasteiger partial charge in [-0.2, -0.15) is 0 Å². The molecule has 0 aromatic carbocycles. The Morgan fingerprint density at radius 2 is 0.925 bits per heavy atom. The minimum absolute atomic E-state index is 0.0697. The van der Waals surface area contributed by atoms with Crippen molar-refractivity contribution < 1.29 is 72.8 Å². The molecule has 534 valence electrons. The number of likely N-dealkylation sites (tertiary alicyclic amines) is 1. The minimum atomic E-state index is -1.78. The molecule has 0 aliphatic carbocycles. The molecule has 26 heteroatoms. The van der Waals surface area contributed by atoms with Crippen LogP contribution in [-0.4, -0.2) is 262 Å². The van der Waals surface area contributed by atoms with Crippen LogP contribution in [0.1, 0.15) is 169 Å². The van der Waals surface area contributed by atoms with E-state index in [1.165, 1.54) is 70.8 Å². The van der Waals surface area contributed by atoms with E-state index < -0.39 is 162 Å². The van der Waals surface area contributed by atoms with Gasteiger partial charge in [-0.3, -0.25) is 52.8 Å². The third-order valence-electron chi connectivity index (χ3n) is 17.9. The van der Waals surface area contributed by atoms with E-state index in [0.29, 0.717) is 19.5 Å². The Balaban J connectivity index is 3.03. The van der Waals surface area contributed by atoms with Crippen LogP contribution in [0, 0.1) is 47.3 Å². The van der Waals surface area contributed by atoms with Crippen LogP contribution in [0.5, 0.6) is 0 Å². The molecule has 26 nitrogen and oxygen atoms in total. The number of nitrogens with one attached hydrogen (secondary N) is 4. The number of amides is 10. The summed E-state index contributed by atoms with van der Waals surface area (Å²) in [5.74, 6) is -11.7. The first-order valence-electron chi connectivity index (χ1n) is 33.7. The Labute approximate surface area is 555 Å². The average molecular weight is 1320 g/mol. The molecule has 0 saturated carbocycles. The highest BCUT2D eigenvalue weighted by Crippen LogP contribution is 2.26. The highest BCUT2D eigenvalue weighted by atomic mass is 16.6. The van der Waals surface area contributed by atoms with Crippen molar-refractivity contribution in [3.8, 4) is 0 Å². The summed E-state index contributed by atoms with van der Waals surface area (Å²) in [5.41, 5.74) is 0. The number of carbonyl (C=O) groups excluding carboxylic acids is 11.